The van der Waals surface area contributed by atoms with Crippen molar-refractivity contribution in [2.24, 2.45) is 0 Å². The Morgan fingerprint density at radius 3 is 2.25 bits per heavy atom. The van der Waals surface area contributed by atoms with Crippen LogP contribution in [0.15, 0.2) is 169 Å². The second-order valence-electron chi connectivity index (χ2n) is 13.6. The van der Waals surface area contributed by atoms with Gasteiger partial charge < -0.3 is 13.9 Å². The minimum absolute atomic E-state index is 0.905. The molecule has 0 radical (unpaired) electrons. The molecule has 1 aliphatic heterocycles. The highest BCUT2D eigenvalue weighted by atomic mass is 16.3. The van der Waals surface area contributed by atoms with Crippen LogP contribution < -0.4 is 4.90 Å². The van der Waals surface area contributed by atoms with Crippen molar-refractivity contribution < 1.29 is 4.42 Å². The summed E-state index contributed by atoms with van der Waals surface area (Å²) >= 11 is 0. The van der Waals surface area contributed by atoms with E-state index in [4.69, 9.17) is 4.42 Å². The number of para-hydroxylation sites is 3. The van der Waals surface area contributed by atoms with E-state index in [0.717, 1.165) is 59.0 Å². The lowest BCUT2D eigenvalue weighted by Crippen LogP contribution is -2.21. The number of hydrogen-bond acceptors (Lipinski definition) is 2. The Labute approximate surface area is 297 Å². The van der Waals surface area contributed by atoms with Crippen LogP contribution >= 0.6 is 0 Å². The zero-order valence-corrected chi connectivity index (χ0v) is 28.3. The van der Waals surface area contributed by atoms with Gasteiger partial charge >= 0.3 is 0 Å². The molecule has 0 amide bonds. The SMILES string of the molecule is C=C1/C=C\CCN(c2ccccc2C2=CC=CCC2)c2ccc(-c3ccc4c(c3)c3ccccc3n4-c3ccc4oc5ccccc5c4c3)cc21. The summed E-state index contributed by atoms with van der Waals surface area (Å²) in [7, 11) is 0. The fourth-order valence-corrected chi connectivity index (χ4v) is 8.19. The average Bonchev–Trinajstić information content (AvgIpc) is 3.72. The topological polar surface area (TPSA) is 21.3 Å². The zero-order chi connectivity index (χ0) is 33.9. The molecule has 0 bridgehead atoms. The Hall–Kier alpha value is -6.32. The number of aromatic nitrogens is 1. The molecule has 0 saturated carbocycles. The van der Waals surface area contributed by atoms with Gasteiger partial charge in [-0.25, -0.2) is 0 Å². The van der Waals surface area contributed by atoms with E-state index in [1.165, 1.54) is 61.0 Å². The second-order valence-corrected chi connectivity index (χ2v) is 13.6. The van der Waals surface area contributed by atoms with E-state index in [9.17, 15) is 0 Å². The predicted octanol–water partition coefficient (Wildman–Crippen LogP) is 13.2. The van der Waals surface area contributed by atoms with Gasteiger partial charge in [0.25, 0.3) is 0 Å². The van der Waals surface area contributed by atoms with Gasteiger partial charge in [-0.3, -0.25) is 0 Å². The maximum Gasteiger partial charge on any atom is 0.135 e. The second kappa shape index (κ2) is 11.9. The molecule has 0 unspecified atom stereocenters. The van der Waals surface area contributed by atoms with E-state index >= 15 is 0 Å². The first-order valence-electron chi connectivity index (χ1n) is 17.9. The van der Waals surface area contributed by atoms with Crippen LogP contribution in [-0.4, -0.2) is 11.1 Å². The van der Waals surface area contributed by atoms with E-state index in [0.29, 0.717) is 0 Å². The Kier molecular flexibility index (Phi) is 6.92. The molecule has 8 aromatic rings. The van der Waals surface area contributed by atoms with Crippen LogP contribution in [0.3, 0.4) is 0 Å². The standard InChI is InChI=1S/C48H36N2O/c1-32-13-11-12-28-49(43-19-8-5-16-37(43)33-14-3-2-4-15-33)44-25-22-34(29-40(32)44)35-23-26-46-41(30-35)38-17-6-9-20-45(38)50(46)36-24-27-48-42(31-36)39-18-7-10-21-47(39)51-48/h2-3,5-11,13-14,16-27,29-31H,1,4,12,15,28H2/b13-11-. The van der Waals surface area contributed by atoms with Gasteiger partial charge in [-0.15, -0.1) is 0 Å². The molecule has 6 aromatic carbocycles. The summed E-state index contributed by atoms with van der Waals surface area (Å²) in [6.45, 7) is 5.46. The molecular weight excluding hydrogens is 621 g/mol. The van der Waals surface area contributed by atoms with Gasteiger partial charge in [0.1, 0.15) is 11.2 Å². The van der Waals surface area contributed by atoms with Crippen LogP contribution in [0.2, 0.25) is 0 Å². The number of nitrogens with zero attached hydrogens (tertiary/aromatic N) is 2. The third-order valence-corrected chi connectivity index (χ3v) is 10.7. The van der Waals surface area contributed by atoms with Gasteiger partial charge in [0, 0.05) is 56.3 Å². The molecule has 3 heteroatoms. The zero-order valence-electron chi connectivity index (χ0n) is 28.3. The highest BCUT2D eigenvalue weighted by Crippen LogP contribution is 2.42. The lowest BCUT2D eigenvalue weighted by atomic mass is 9.93. The number of rotatable bonds is 4. The molecule has 2 aromatic heterocycles. The molecule has 3 heterocycles. The minimum atomic E-state index is 0.905. The van der Waals surface area contributed by atoms with Gasteiger partial charge in [-0.05, 0) is 102 Å². The molecule has 3 nitrogen and oxygen atoms in total. The minimum Gasteiger partial charge on any atom is -0.456 e. The summed E-state index contributed by atoms with van der Waals surface area (Å²) in [4.78, 5) is 2.50. The van der Waals surface area contributed by atoms with Crippen molar-refractivity contribution >= 4 is 66.3 Å². The van der Waals surface area contributed by atoms with Gasteiger partial charge in [-0.2, -0.15) is 0 Å². The number of furan rings is 1. The van der Waals surface area contributed by atoms with Crippen molar-refractivity contribution in [3.8, 4) is 16.8 Å². The van der Waals surface area contributed by atoms with Crippen molar-refractivity contribution in [2.75, 3.05) is 11.4 Å². The van der Waals surface area contributed by atoms with E-state index in [2.05, 4.69) is 162 Å². The first-order valence-corrected chi connectivity index (χ1v) is 17.9. The fourth-order valence-electron chi connectivity index (χ4n) is 8.19. The Bertz CT molecular complexity index is 2780. The van der Waals surface area contributed by atoms with Crippen molar-refractivity contribution in [3.63, 3.8) is 0 Å². The highest BCUT2D eigenvalue weighted by molar-refractivity contribution is 6.11. The number of allylic oxidation sites excluding steroid dienone is 6. The van der Waals surface area contributed by atoms with Crippen LogP contribution in [0.4, 0.5) is 11.4 Å². The lowest BCUT2D eigenvalue weighted by molar-refractivity contribution is 0.669. The van der Waals surface area contributed by atoms with E-state index < -0.39 is 0 Å². The highest BCUT2D eigenvalue weighted by Gasteiger charge is 2.21. The summed E-state index contributed by atoms with van der Waals surface area (Å²) < 4.78 is 8.55. The lowest BCUT2D eigenvalue weighted by Gasteiger charge is -2.31. The van der Waals surface area contributed by atoms with Crippen molar-refractivity contribution in [2.45, 2.75) is 19.3 Å². The van der Waals surface area contributed by atoms with Gasteiger partial charge in [0.2, 0.25) is 0 Å². The molecule has 0 fully saturated rings. The van der Waals surface area contributed by atoms with Crippen molar-refractivity contribution in [3.05, 3.63) is 175 Å². The van der Waals surface area contributed by atoms with Gasteiger partial charge in [0.15, 0.2) is 0 Å². The van der Waals surface area contributed by atoms with E-state index in [1.54, 1.807) is 0 Å². The first kappa shape index (κ1) is 29.6. The monoisotopic (exact) mass is 656 g/mol. The summed E-state index contributed by atoms with van der Waals surface area (Å²) in [5.74, 6) is 0. The number of hydrogen-bond donors (Lipinski definition) is 0. The third kappa shape index (κ3) is 4.88. The summed E-state index contributed by atoms with van der Waals surface area (Å²) in [6, 6.07) is 46.3. The van der Waals surface area contributed by atoms with Crippen LogP contribution in [0.25, 0.3) is 71.7 Å². The molecule has 10 rings (SSSR count). The van der Waals surface area contributed by atoms with E-state index in [-0.39, 0.29) is 0 Å². The van der Waals surface area contributed by atoms with Gasteiger partial charge in [0.05, 0.1) is 11.0 Å². The Morgan fingerprint density at radius 2 is 1.33 bits per heavy atom. The van der Waals surface area contributed by atoms with E-state index in [1.807, 2.05) is 12.1 Å². The molecule has 0 saturated heterocycles. The molecule has 0 spiro atoms. The molecular formula is C48H36N2O. The largest absolute Gasteiger partial charge is 0.456 e. The van der Waals surface area contributed by atoms with Crippen LogP contribution in [0.5, 0.6) is 0 Å². The van der Waals surface area contributed by atoms with Gasteiger partial charge in [-0.1, -0.05) is 104 Å². The quantitative estimate of drug-likeness (QED) is 0.188. The Balaban J connectivity index is 1.10. The maximum atomic E-state index is 6.16. The molecule has 0 N–H and O–H groups in total. The van der Waals surface area contributed by atoms with Crippen molar-refractivity contribution in [1.82, 2.24) is 4.57 Å². The third-order valence-electron chi connectivity index (χ3n) is 10.7. The van der Waals surface area contributed by atoms with Crippen LogP contribution in [0, 0.1) is 0 Å². The maximum absolute atomic E-state index is 6.16. The average molecular weight is 657 g/mol. The van der Waals surface area contributed by atoms with Crippen molar-refractivity contribution in [1.29, 1.82) is 0 Å². The summed E-state index contributed by atoms with van der Waals surface area (Å²) in [5, 5.41) is 4.73. The van der Waals surface area contributed by atoms with Crippen LogP contribution in [0.1, 0.15) is 30.4 Å². The Morgan fingerprint density at radius 1 is 0.569 bits per heavy atom. The molecule has 244 valence electrons. The fraction of sp³-hybridized carbons (Fsp3) is 0.0833. The first-order chi connectivity index (χ1) is 25.2. The molecule has 51 heavy (non-hydrogen) atoms. The summed E-state index contributed by atoms with van der Waals surface area (Å²) in [6.07, 6.45) is 14.3. The molecule has 2 aliphatic rings. The predicted molar refractivity (Wildman–Crippen MR) is 216 cm³/mol. The smallest absolute Gasteiger partial charge is 0.135 e. The molecule has 1 aliphatic carbocycles. The van der Waals surface area contributed by atoms with Crippen LogP contribution in [-0.2, 0) is 0 Å². The number of benzene rings is 6. The normalized spacial score (nSPS) is 15.3. The molecule has 0 atom stereocenters. The summed E-state index contributed by atoms with van der Waals surface area (Å²) in [5.41, 5.74) is 15.1. The number of anilines is 2. The number of fused-ring (bicyclic) bond motifs is 7.